The van der Waals surface area contributed by atoms with Gasteiger partial charge in [-0.1, -0.05) is 6.07 Å². The van der Waals surface area contributed by atoms with Crippen LogP contribution >= 0.6 is 0 Å². The van der Waals surface area contributed by atoms with Crippen molar-refractivity contribution < 1.29 is 4.79 Å². The van der Waals surface area contributed by atoms with E-state index in [0.717, 1.165) is 49.7 Å². The monoisotopic (exact) mass is 335 g/mol. The van der Waals surface area contributed by atoms with E-state index in [4.69, 9.17) is 0 Å². The Bertz CT molecular complexity index is 860. The predicted octanol–water partition coefficient (Wildman–Crippen LogP) is 2.84. The molecular weight excluding hydrogens is 314 g/mol. The maximum Gasteiger partial charge on any atom is 0.291 e. The van der Waals surface area contributed by atoms with Crippen LogP contribution in [0, 0.1) is 5.92 Å². The second-order valence-electron chi connectivity index (χ2n) is 6.66. The van der Waals surface area contributed by atoms with Gasteiger partial charge in [0.1, 0.15) is 0 Å². The summed E-state index contributed by atoms with van der Waals surface area (Å²) in [6.45, 7) is 1.56. The second kappa shape index (κ2) is 7.01. The molecule has 3 heterocycles. The summed E-state index contributed by atoms with van der Waals surface area (Å²) in [6, 6.07) is 8.21. The van der Waals surface area contributed by atoms with E-state index in [2.05, 4.69) is 38.4 Å². The number of nitrogens with zero attached hydrogens (tertiary/aromatic N) is 4. The molecule has 6 heteroatoms. The van der Waals surface area contributed by atoms with Crippen molar-refractivity contribution in [2.75, 3.05) is 13.1 Å². The number of aromatic amines is 1. The van der Waals surface area contributed by atoms with Gasteiger partial charge in [-0.3, -0.25) is 9.89 Å². The van der Waals surface area contributed by atoms with Gasteiger partial charge in [0.15, 0.2) is 0 Å². The Hall–Kier alpha value is -2.76. The van der Waals surface area contributed by atoms with Crippen LogP contribution in [-0.2, 0) is 6.42 Å². The second-order valence-corrected chi connectivity index (χ2v) is 6.66. The minimum atomic E-state index is -0.0546. The van der Waals surface area contributed by atoms with E-state index in [9.17, 15) is 4.79 Å². The fraction of sp³-hybridized carbons (Fsp3) is 0.368. The Morgan fingerprint density at radius 2 is 2.08 bits per heavy atom. The molecule has 0 aliphatic carbocycles. The summed E-state index contributed by atoms with van der Waals surface area (Å²) in [5.74, 6) is 0.839. The van der Waals surface area contributed by atoms with Crippen LogP contribution in [0.2, 0.25) is 0 Å². The van der Waals surface area contributed by atoms with Crippen LogP contribution in [0.25, 0.3) is 10.9 Å². The Morgan fingerprint density at radius 3 is 2.96 bits per heavy atom. The van der Waals surface area contributed by atoms with Crippen molar-refractivity contribution in [1.29, 1.82) is 0 Å². The lowest BCUT2D eigenvalue weighted by molar-refractivity contribution is 0.0747. The third kappa shape index (κ3) is 3.52. The van der Waals surface area contributed by atoms with Gasteiger partial charge in [-0.2, -0.15) is 5.10 Å². The molecule has 0 saturated carbocycles. The fourth-order valence-corrected chi connectivity index (χ4v) is 3.58. The molecule has 1 saturated heterocycles. The minimum Gasteiger partial charge on any atom is -0.336 e. The van der Waals surface area contributed by atoms with Gasteiger partial charge < -0.3 is 4.90 Å². The van der Waals surface area contributed by atoms with Crippen molar-refractivity contribution in [3.63, 3.8) is 0 Å². The van der Waals surface area contributed by atoms with E-state index in [1.807, 2.05) is 11.1 Å². The van der Waals surface area contributed by atoms with Crippen LogP contribution in [0.1, 0.15) is 35.4 Å². The normalized spacial score (nSPS) is 18.2. The molecule has 128 valence electrons. The molecule has 1 aromatic carbocycles. The molecule has 4 rings (SSSR count). The smallest absolute Gasteiger partial charge is 0.291 e. The summed E-state index contributed by atoms with van der Waals surface area (Å²) >= 11 is 0. The van der Waals surface area contributed by atoms with Gasteiger partial charge >= 0.3 is 0 Å². The summed E-state index contributed by atoms with van der Waals surface area (Å²) in [6.07, 6.45) is 9.33. The van der Waals surface area contributed by atoms with E-state index in [1.165, 1.54) is 5.56 Å². The molecule has 2 aromatic heterocycles. The lowest BCUT2D eigenvalue weighted by Crippen LogP contribution is -2.33. The first kappa shape index (κ1) is 15.7. The van der Waals surface area contributed by atoms with Crippen LogP contribution in [0.4, 0.5) is 0 Å². The number of carbonyl (C=O) groups excluding carboxylic acids is 1. The summed E-state index contributed by atoms with van der Waals surface area (Å²) in [5.41, 5.74) is 2.41. The molecule has 1 atom stereocenters. The Kier molecular flexibility index (Phi) is 4.41. The first-order chi connectivity index (χ1) is 12.3. The fourth-order valence-electron chi connectivity index (χ4n) is 3.58. The molecule has 6 nitrogen and oxygen atoms in total. The molecule has 1 amide bonds. The van der Waals surface area contributed by atoms with Crippen LogP contribution in [0.3, 0.4) is 0 Å². The largest absolute Gasteiger partial charge is 0.336 e. The highest BCUT2D eigenvalue weighted by Gasteiger charge is 2.23. The van der Waals surface area contributed by atoms with Crippen LogP contribution in [0.15, 0.2) is 42.9 Å². The number of benzene rings is 1. The molecule has 0 spiro atoms. The summed E-state index contributed by atoms with van der Waals surface area (Å²) in [4.78, 5) is 22.6. The predicted molar refractivity (Wildman–Crippen MR) is 95.1 cm³/mol. The van der Waals surface area contributed by atoms with Gasteiger partial charge in [-0.15, -0.1) is 0 Å². The van der Waals surface area contributed by atoms with E-state index in [0.29, 0.717) is 11.7 Å². The van der Waals surface area contributed by atoms with E-state index in [-0.39, 0.29) is 5.91 Å². The number of carbonyl (C=O) groups is 1. The number of H-pyrrole nitrogens is 1. The first-order valence-corrected chi connectivity index (χ1v) is 8.78. The molecule has 1 N–H and O–H groups in total. The highest BCUT2D eigenvalue weighted by atomic mass is 16.2. The topological polar surface area (TPSA) is 74.8 Å². The van der Waals surface area contributed by atoms with Crippen LogP contribution in [-0.4, -0.2) is 44.1 Å². The zero-order chi connectivity index (χ0) is 17.1. The Morgan fingerprint density at radius 1 is 1.20 bits per heavy atom. The van der Waals surface area contributed by atoms with Gasteiger partial charge in [0.05, 0.1) is 11.7 Å². The van der Waals surface area contributed by atoms with Crippen molar-refractivity contribution in [2.45, 2.75) is 25.7 Å². The third-order valence-electron chi connectivity index (χ3n) is 4.92. The molecule has 3 aromatic rings. The number of likely N-dealkylation sites (tertiary alicyclic amines) is 1. The zero-order valence-electron chi connectivity index (χ0n) is 14.1. The standard InChI is InChI=1S/C19H21N5O/c25-19(18-20-7-2-8-21-18)24-9-1-3-14(6-10-24)11-15-4-5-17-16(12-15)13-22-23-17/h2,4-5,7-8,12-14H,1,3,6,9-11H2,(H,22,23). The quantitative estimate of drug-likeness (QED) is 0.798. The van der Waals surface area contributed by atoms with Gasteiger partial charge in [0, 0.05) is 30.9 Å². The highest BCUT2D eigenvalue weighted by molar-refractivity contribution is 5.90. The van der Waals surface area contributed by atoms with E-state index in [1.54, 1.807) is 18.5 Å². The lowest BCUT2D eigenvalue weighted by atomic mass is 9.92. The van der Waals surface area contributed by atoms with Crippen molar-refractivity contribution in [2.24, 2.45) is 5.92 Å². The number of aromatic nitrogens is 4. The van der Waals surface area contributed by atoms with Gasteiger partial charge in [0.25, 0.3) is 5.91 Å². The first-order valence-electron chi connectivity index (χ1n) is 8.78. The van der Waals surface area contributed by atoms with Crippen molar-refractivity contribution in [3.05, 3.63) is 54.2 Å². The Balaban J connectivity index is 1.40. The number of hydrogen-bond donors (Lipinski definition) is 1. The molecule has 1 unspecified atom stereocenters. The number of nitrogens with one attached hydrogen (secondary N) is 1. The maximum atomic E-state index is 12.5. The maximum absolute atomic E-state index is 12.5. The van der Waals surface area contributed by atoms with Gasteiger partial charge in [-0.25, -0.2) is 9.97 Å². The van der Waals surface area contributed by atoms with Crippen LogP contribution in [0.5, 0.6) is 0 Å². The molecule has 1 aliphatic rings. The minimum absolute atomic E-state index is 0.0546. The average Bonchev–Trinajstić information content (AvgIpc) is 3.00. The number of amides is 1. The molecular formula is C19H21N5O. The van der Waals surface area contributed by atoms with Gasteiger partial charge in [0.2, 0.25) is 5.82 Å². The lowest BCUT2D eigenvalue weighted by Gasteiger charge is -2.19. The van der Waals surface area contributed by atoms with Crippen molar-refractivity contribution in [1.82, 2.24) is 25.1 Å². The van der Waals surface area contributed by atoms with Crippen molar-refractivity contribution in [3.8, 4) is 0 Å². The molecule has 1 fully saturated rings. The molecule has 0 radical (unpaired) electrons. The highest BCUT2D eigenvalue weighted by Crippen LogP contribution is 2.24. The average molecular weight is 335 g/mol. The summed E-state index contributed by atoms with van der Waals surface area (Å²) in [7, 11) is 0. The van der Waals surface area contributed by atoms with E-state index < -0.39 is 0 Å². The molecule has 25 heavy (non-hydrogen) atoms. The Labute approximate surface area is 146 Å². The third-order valence-corrected chi connectivity index (χ3v) is 4.92. The van der Waals surface area contributed by atoms with Crippen molar-refractivity contribution >= 4 is 16.8 Å². The summed E-state index contributed by atoms with van der Waals surface area (Å²) < 4.78 is 0. The number of hydrogen-bond acceptors (Lipinski definition) is 4. The van der Waals surface area contributed by atoms with Crippen LogP contribution < -0.4 is 0 Å². The summed E-state index contributed by atoms with van der Waals surface area (Å²) in [5, 5.41) is 8.23. The number of fused-ring (bicyclic) bond motifs is 1. The molecule has 0 bridgehead atoms. The molecule has 1 aliphatic heterocycles. The SMILES string of the molecule is O=C(c1ncccn1)N1CCCC(Cc2ccc3[nH]ncc3c2)CC1. The van der Waals surface area contributed by atoms with E-state index >= 15 is 0 Å². The number of rotatable bonds is 3. The van der Waals surface area contributed by atoms with Gasteiger partial charge in [-0.05, 0) is 55.4 Å². The zero-order valence-corrected chi connectivity index (χ0v) is 14.1.